The van der Waals surface area contributed by atoms with Crippen LogP contribution in [-0.2, 0) is 4.79 Å². The van der Waals surface area contributed by atoms with E-state index in [0.29, 0.717) is 6.42 Å². The zero-order valence-corrected chi connectivity index (χ0v) is 9.39. The fourth-order valence-electron chi connectivity index (χ4n) is 1.55. The van der Waals surface area contributed by atoms with Gasteiger partial charge in [0.1, 0.15) is 6.04 Å². The number of aliphatic carboxylic acids is 1. The van der Waals surface area contributed by atoms with Gasteiger partial charge in [0.15, 0.2) is 0 Å². The van der Waals surface area contributed by atoms with Crippen LogP contribution in [-0.4, -0.2) is 17.1 Å². The summed E-state index contributed by atoms with van der Waals surface area (Å²) in [6.45, 7) is 5.51. The van der Waals surface area contributed by atoms with Crippen LogP contribution in [0.2, 0.25) is 0 Å². The summed E-state index contributed by atoms with van der Waals surface area (Å²) in [5.74, 6) is -0.845. The summed E-state index contributed by atoms with van der Waals surface area (Å²) in [4.78, 5) is 10.9. The van der Waals surface area contributed by atoms with Crippen LogP contribution >= 0.6 is 0 Å². The fourth-order valence-corrected chi connectivity index (χ4v) is 1.55. The quantitative estimate of drug-likeness (QED) is 0.722. The molecule has 0 amide bonds. The van der Waals surface area contributed by atoms with Crippen LogP contribution < -0.4 is 5.32 Å². The van der Waals surface area contributed by atoms with E-state index in [4.69, 9.17) is 5.11 Å². The van der Waals surface area contributed by atoms with Gasteiger partial charge in [0, 0.05) is 6.04 Å². The van der Waals surface area contributed by atoms with Crippen LogP contribution in [0, 0.1) is 0 Å². The Labute approximate surface area is 95.8 Å². The van der Waals surface area contributed by atoms with Crippen molar-refractivity contribution in [3.05, 3.63) is 48.6 Å². The molecule has 0 saturated carbocycles. The zero-order chi connectivity index (χ0) is 12.0. The average Bonchev–Trinajstić information content (AvgIpc) is 2.29. The van der Waals surface area contributed by atoms with Gasteiger partial charge in [0.05, 0.1) is 0 Å². The highest BCUT2D eigenvalue weighted by atomic mass is 16.4. The van der Waals surface area contributed by atoms with Crippen LogP contribution in [0.15, 0.2) is 43.0 Å². The number of carboxylic acid groups (broad SMARTS) is 1. The van der Waals surface area contributed by atoms with Gasteiger partial charge in [-0.2, -0.15) is 0 Å². The minimum atomic E-state index is -0.845. The molecular weight excluding hydrogens is 202 g/mol. The number of nitrogens with one attached hydrogen (secondary N) is 1. The average molecular weight is 219 g/mol. The molecule has 1 aromatic rings. The number of benzene rings is 1. The van der Waals surface area contributed by atoms with E-state index < -0.39 is 12.0 Å². The number of hydrogen-bond donors (Lipinski definition) is 2. The summed E-state index contributed by atoms with van der Waals surface area (Å²) in [7, 11) is 0. The van der Waals surface area contributed by atoms with Gasteiger partial charge in [0.25, 0.3) is 0 Å². The molecule has 1 unspecified atom stereocenters. The molecule has 2 atom stereocenters. The molecule has 1 aromatic carbocycles. The molecular formula is C13H17NO2. The number of carbonyl (C=O) groups is 1. The highest BCUT2D eigenvalue weighted by Gasteiger charge is 2.18. The Morgan fingerprint density at radius 3 is 2.62 bits per heavy atom. The van der Waals surface area contributed by atoms with Crippen LogP contribution in [0.25, 0.3) is 0 Å². The lowest BCUT2D eigenvalue weighted by Gasteiger charge is -2.19. The molecule has 2 N–H and O–H groups in total. The van der Waals surface area contributed by atoms with Crippen molar-refractivity contribution in [2.75, 3.05) is 0 Å². The van der Waals surface area contributed by atoms with Gasteiger partial charge in [-0.1, -0.05) is 36.4 Å². The molecule has 3 heteroatoms. The Hall–Kier alpha value is -1.61. The predicted molar refractivity (Wildman–Crippen MR) is 64.2 cm³/mol. The molecule has 0 saturated heterocycles. The van der Waals surface area contributed by atoms with E-state index in [1.807, 2.05) is 37.3 Å². The normalized spacial score (nSPS) is 14.1. The third-order valence-corrected chi connectivity index (χ3v) is 2.45. The summed E-state index contributed by atoms with van der Waals surface area (Å²) < 4.78 is 0. The third kappa shape index (κ3) is 3.51. The maximum Gasteiger partial charge on any atom is 0.321 e. The Morgan fingerprint density at radius 1 is 1.50 bits per heavy atom. The van der Waals surface area contributed by atoms with Gasteiger partial charge < -0.3 is 5.11 Å². The van der Waals surface area contributed by atoms with Crippen LogP contribution in [0.3, 0.4) is 0 Å². The maximum absolute atomic E-state index is 10.9. The molecule has 16 heavy (non-hydrogen) atoms. The van der Waals surface area contributed by atoms with Crippen molar-refractivity contribution < 1.29 is 9.90 Å². The second-order valence-electron chi connectivity index (χ2n) is 3.71. The number of hydrogen-bond acceptors (Lipinski definition) is 2. The second-order valence-corrected chi connectivity index (χ2v) is 3.71. The maximum atomic E-state index is 10.9. The minimum absolute atomic E-state index is 0.0160. The molecule has 0 aromatic heterocycles. The van der Waals surface area contributed by atoms with Gasteiger partial charge in [-0.15, -0.1) is 6.58 Å². The van der Waals surface area contributed by atoms with E-state index in [0.717, 1.165) is 5.56 Å². The van der Waals surface area contributed by atoms with E-state index in [-0.39, 0.29) is 6.04 Å². The van der Waals surface area contributed by atoms with Gasteiger partial charge in [-0.25, -0.2) is 0 Å². The summed E-state index contributed by atoms with van der Waals surface area (Å²) in [6.07, 6.45) is 2.04. The van der Waals surface area contributed by atoms with Crippen molar-refractivity contribution in [1.29, 1.82) is 0 Å². The molecule has 86 valence electrons. The standard InChI is InChI=1S/C13H17NO2/c1-3-7-12(13(15)16)14-10(2)11-8-5-4-6-9-11/h3-6,8-10,12,14H,1,7H2,2H3,(H,15,16)/t10?,12-/m0/s1. The van der Waals surface area contributed by atoms with E-state index in [1.165, 1.54) is 0 Å². The monoisotopic (exact) mass is 219 g/mol. The molecule has 0 aliphatic rings. The first-order valence-corrected chi connectivity index (χ1v) is 5.30. The zero-order valence-electron chi connectivity index (χ0n) is 9.39. The summed E-state index contributed by atoms with van der Waals surface area (Å²) in [5, 5.41) is 12.1. The molecule has 0 fully saturated rings. The van der Waals surface area contributed by atoms with E-state index in [9.17, 15) is 4.79 Å². The summed E-state index contributed by atoms with van der Waals surface area (Å²) >= 11 is 0. The predicted octanol–water partition coefficient (Wildman–Crippen LogP) is 2.37. The topological polar surface area (TPSA) is 49.3 Å². The Balaban J connectivity index is 2.65. The van der Waals surface area contributed by atoms with Crippen molar-refractivity contribution in [3.8, 4) is 0 Å². The lowest BCUT2D eigenvalue weighted by atomic mass is 10.1. The highest BCUT2D eigenvalue weighted by molar-refractivity contribution is 5.73. The largest absolute Gasteiger partial charge is 0.480 e. The molecule has 0 aliphatic carbocycles. The minimum Gasteiger partial charge on any atom is -0.480 e. The van der Waals surface area contributed by atoms with Crippen molar-refractivity contribution in [3.63, 3.8) is 0 Å². The summed E-state index contributed by atoms with van der Waals surface area (Å²) in [5.41, 5.74) is 1.08. The van der Waals surface area contributed by atoms with Crippen molar-refractivity contribution in [2.24, 2.45) is 0 Å². The first-order valence-electron chi connectivity index (χ1n) is 5.30. The smallest absolute Gasteiger partial charge is 0.321 e. The third-order valence-electron chi connectivity index (χ3n) is 2.45. The fraction of sp³-hybridized carbons (Fsp3) is 0.308. The molecule has 0 bridgehead atoms. The Kier molecular flexibility index (Phi) is 4.73. The SMILES string of the molecule is C=CC[C@H](NC(C)c1ccccc1)C(=O)O. The Morgan fingerprint density at radius 2 is 2.12 bits per heavy atom. The number of rotatable bonds is 6. The molecule has 0 radical (unpaired) electrons. The van der Waals surface area contributed by atoms with Crippen molar-refractivity contribution in [1.82, 2.24) is 5.32 Å². The van der Waals surface area contributed by atoms with E-state index >= 15 is 0 Å². The van der Waals surface area contributed by atoms with Crippen molar-refractivity contribution in [2.45, 2.75) is 25.4 Å². The molecule has 0 spiro atoms. The first-order chi connectivity index (χ1) is 7.65. The molecule has 0 aliphatic heterocycles. The van der Waals surface area contributed by atoms with Crippen LogP contribution in [0.5, 0.6) is 0 Å². The Bertz CT molecular complexity index is 348. The highest BCUT2D eigenvalue weighted by Crippen LogP contribution is 2.12. The van der Waals surface area contributed by atoms with Gasteiger partial charge in [0.2, 0.25) is 0 Å². The first kappa shape index (κ1) is 12.5. The van der Waals surface area contributed by atoms with Gasteiger partial charge in [-0.05, 0) is 18.9 Å². The van der Waals surface area contributed by atoms with E-state index in [2.05, 4.69) is 11.9 Å². The van der Waals surface area contributed by atoms with Crippen LogP contribution in [0.1, 0.15) is 24.9 Å². The summed E-state index contributed by atoms with van der Waals surface area (Å²) in [6, 6.07) is 9.21. The molecule has 1 rings (SSSR count). The van der Waals surface area contributed by atoms with Crippen LogP contribution in [0.4, 0.5) is 0 Å². The lowest BCUT2D eigenvalue weighted by molar-refractivity contribution is -0.139. The van der Waals surface area contributed by atoms with Gasteiger partial charge in [-0.3, -0.25) is 10.1 Å². The molecule has 3 nitrogen and oxygen atoms in total. The molecule has 0 heterocycles. The second kappa shape index (κ2) is 6.08. The van der Waals surface area contributed by atoms with Gasteiger partial charge >= 0.3 is 5.97 Å². The lowest BCUT2D eigenvalue weighted by Crippen LogP contribution is -2.37. The van der Waals surface area contributed by atoms with E-state index in [1.54, 1.807) is 6.08 Å². The van der Waals surface area contributed by atoms with Crippen molar-refractivity contribution >= 4 is 5.97 Å². The number of carboxylic acids is 1.